The zero-order valence-electron chi connectivity index (χ0n) is 63.3. The summed E-state index contributed by atoms with van der Waals surface area (Å²) in [6.07, 6.45) is -58.2. The van der Waals surface area contributed by atoms with E-state index in [9.17, 15) is 128 Å². The lowest BCUT2D eigenvalue weighted by Gasteiger charge is -2.67. The Morgan fingerprint density at radius 1 is 0.414 bits per heavy atom. The summed E-state index contributed by atoms with van der Waals surface area (Å²) in [6.45, 7) is 10.7. The van der Waals surface area contributed by atoms with Gasteiger partial charge in [0.15, 0.2) is 44.0 Å². The molecule has 0 aromatic rings. The third kappa shape index (κ3) is 17.0. The van der Waals surface area contributed by atoms with Crippen molar-refractivity contribution in [3.8, 4) is 0 Å². The molecule has 1 unspecified atom stereocenters. The average molecular weight is 1610 g/mol. The summed E-state index contributed by atoms with van der Waals surface area (Å²) >= 11 is 0. The number of allylic oxidation sites excluding steroid dienone is 1. The van der Waals surface area contributed by atoms with Crippen LogP contribution in [-0.4, -0.2) is 413 Å². The molecular formula is C72H122O39. The van der Waals surface area contributed by atoms with Gasteiger partial charge in [0.05, 0.1) is 70.2 Å². The van der Waals surface area contributed by atoms with Crippen LogP contribution >= 0.6 is 0 Å². The summed E-state index contributed by atoms with van der Waals surface area (Å²) in [5.74, 6) is -0.200. The maximum Gasteiger partial charge on any atom is 0.187 e. The number of aliphatic hydroxyl groups excluding tert-OH is 25. The second-order valence-corrected chi connectivity index (χ2v) is 34.4. The molecule has 0 bridgehead atoms. The highest BCUT2D eigenvalue weighted by Gasteiger charge is 2.71. The van der Waals surface area contributed by atoms with Crippen LogP contribution in [0.2, 0.25) is 0 Å². The largest absolute Gasteiger partial charge is 0.394 e. The predicted molar refractivity (Wildman–Crippen MR) is 366 cm³/mol. The van der Waals surface area contributed by atoms with Crippen LogP contribution in [0.25, 0.3) is 0 Å². The second kappa shape index (κ2) is 35.5. The Labute approximate surface area is 640 Å². The van der Waals surface area contributed by atoms with Crippen LogP contribution in [0.5, 0.6) is 0 Å². The minimum absolute atomic E-state index is 0.0202. The molecule has 45 atom stereocenters. The van der Waals surface area contributed by atoms with Crippen molar-refractivity contribution < 1.29 is 194 Å². The van der Waals surface area contributed by atoms with E-state index in [0.717, 1.165) is 18.4 Å². The number of aliphatic hydroxyl groups is 25. The normalized spacial score (nSPS) is 52.3. The zero-order valence-corrected chi connectivity index (χ0v) is 63.3. The Balaban J connectivity index is 0.731. The molecule has 0 aromatic carbocycles. The van der Waals surface area contributed by atoms with Gasteiger partial charge in [-0.3, -0.25) is 0 Å². The van der Waals surface area contributed by atoms with Gasteiger partial charge in [0, 0.05) is 10.8 Å². The van der Waals surface area contributed by atoms with E-state index in [2.05, 4.69) is 33.8 Å². The molecule has 7 saturated heterocycles. The fourth-order valence-corrected chi connectivity index (χ4v) is 19.7. The average Bonchev–Trinajstić information content (AvgIpc) is 1.62. The van der Waals surface area contributed by atoms with Gasteiger partial charge < -0.3 is 194 Å². The molecule has 25 N–H and O–H groups in total. The lowest BCUT2D eigenvalue weighted by Crippen LogP contribution is -2.66. The van der Waals surface area contributed by atoms with Crippen molar-refractivity contribution in [2.45, 2.75) is 346 Å². The first-order chi connectivity index (χ1) is 52.0. The maximum absolute atomic E-state index is 12.9. The molecule has 11 aliphatic rings. The van der Waals surface area contributed by atoms with E-state index in [0.29, 0.717) is 32.1 Å². The number of rotatable bonds is 26. The molecule has 39 nitrogen and oxygen atoms in total. The van der Waals surface area contributed by atoms with Gasteiger partial charge in [-0.25, -0.2) is 0 Å². The molecule has 0 aromatic heterocycles. The number of hydrogen-bond donors (Lipinski definition) is 25. The molecular weight excluding hydrogens is 1490 g/mol. The highest BCUT2D eigenvalue weighted by Crippen LogP contribution is 2.75. The molecule has 0 amide bonds. The zero-order chi connectivity index (χ0) is 81.5. The van der Waals surface area contributed by atoms with Crippen molar-refractivity contribution in [2.24, 2.45) is 45.3 Å². The Hall–Kier alpha value is -1.82. The van der Waals surface area contributed by atoms with Crippen molar-refractivity contribution in [3.63, 3.8) is 0 Å². The van der Waals surface area contributed by atoms with Crippen molar-refractivity contribution in [1.82, 2.24) is 0 Å². The summed E-state index contributed by atoms with van der Waals surface area (Å²) in [7, 11) is 0. The van der Waals surface area contributed by atoms with E-state index < -0.39 is 301 Å². The summed E-state index contributed by atoms with van der Waals surface area (Å²) in [4.78, 5) is 0. The second-order valence-electron chi connectivity index (χ2n) is 34.4. The van der Waals surface area contributed by atoms with E-state index in [1.165, 1.54) is 13.8 Å². The van der Waals surface area contributed by atoms with Crippen LogP contribution < -0.4 is 0 Å². The summed E-state index contributed by atoms with van der Waals surface area (Å²) < 4.78 is 82.1. The molecule has 39 heteroatoms. The molecule has 0 radical (unpaired) electrons. The molecule has 0 spiro atoms. The molecule has 11 rings (SSSR count). The van der Waals surface area contributed by atoms with Gasteiger partial charge in [0.2, 0.25) is 0 Å². The predicted octanol–water partition coefficient (Wildman–Crippen LogP) is -9.76. The van der Waals surface area contributed by atoms with E-state index in [-0.39, 0.29) is 35.5 Å². The highest BCUT2D eigenvalue weighted by molar-refractivity contribution is 5.32. The van der Waals surface area contributed by atoms with Crippen LogP contribution in [-0.2, 0) is 66.3 Å². The lowest BCUT2D eigenvalue weighted by molar-refractivity contribution is -0.387. The Bertz CT molecular complexity index is 3010. The van der Waals surface area contributed by atoms with E-state index in [1.807, 2.05) is 13.8 Å². The quantitative estimate of drug-likeness (QED) is 0.0358. The van der Waals surface area contributed by atoms with Gasteiger partial charge in [0.1, 0.15) is 171 Å². The van der Waals surface area contributed by atoms with E-state index in [4.69, 9.17) is 66.3 Å². The van der Waals surface area contributed by atoms with Crippen LogP contribution in [0.15, 0.2) is 11.6 Å². The molecule has 10 fully saturated rings. The first-order valence-electron chi connectivity index (χ1n) is 38.6. The number of fused-ring (bicyclic) bond motifs is 5. The molecule has 7 aliphatic heterocycles. The minimum Gasteiger partial charge on any atom is -0.394 e. The smallest absolute Gasteiger partial charge is 0.187 e. The van der Waals surface area contributed by atoms with Crippen molar-refractivity contribution in [1.29, 1.82) is 0 Å². The van der Waals surface area contributed by atoms with Crippen LogP contribution in [0.1, 0.15) is 107 Å². The minimum atomic E-state index is -2.10. The molecule has 7 heterocycles. The summed E-state index contributed by atoms with van der Waals surface area (Å²) in [5.41, 5.74) is -2.77. The van der Waals surface area contributed by atoms with Crippen LogP contribution in [0.3, 0.4) is 0 Å². The molecule has 111 heavy (non-hydrogen) atoms. The molecule has 3 saturated carbocycles. The maximum atomic E-state index is 12.9. The van der Waals surface area contributed by atoms with Gasteiger partial charge >= 0.3 is 0 Å². The third-order valence-electron chi connectivity index (χ3n) is 27.2. The van der Waals surface area contributed by atoms with Crippen molar-refractivity contribution in [3.05, 3.63) is 11.6 Å². The first-order valence-corrected chi connectivity index (χ1v) is 38.6. The Kier molecular flexibility index (Phi) is 28.7. The molecule has 644 valence electrons. The standard InChI is InChI=1S/C72H122O39/c1-25(9-13-37(76)69(4,5)111-67-60(53(91)46(84)35(108-67)24-100-63-56(94)49(87)42(80)31(20-75)104-63)110-66-59(97)52(90)45(83)34(107-66)23-99-62-55(93)48(86)41(79)30(19-74)103-62)26-15-16-70(6)36-12-10-27-28(72(36,8)38(77)17-71(26,70)7)11-14-39(68(27,2)3)109-65-58(96)51(89)44(82)33(106-65)22-101-64-57(95)50(88)43(81)32(105-64)21-98-61-54(92)47(85)40(78)29(18-73)102-61/h10,25-26,28-67,73-97H,9,11-24H2,1-8H3/t25-,26-,28?,29-,30-,31-,32-,33-,34-,35-,36+,37-,38-,39+,40-,41-,42-,43-,44-,45-,46-,47+,48+,49+,50+,51+,52+,53+,54-,55-,56-,57-,58-,59-,60-,61-,62-,63-,64-,65+,66+,67+,70+,71-,72+/m1/s1. The Morgan fingerprint density at radius 3 is 1.17 bits per heavy atom. The first kappa shape index (κ1) is 90.0. The topological polar surface area (TPSA) is 635 Å². The fourth-order valence-electron chi connectivity index (χ4n) is 19.7. The molecule has 4 aliphatic carbocycles. The monoisotopic (exact) mass is 1610 g/mol. The summed E-state index contributed by atoms with van der Waals surface area (Å²) in [5, 5.41) is 272. The number of ether oxygens (including phenoxy) is 14. The van der Waals surface area contributed by atoms with Gasteiger partial charge in [0.25, 0.3) is 0 Å². The van der Waals surface area contributed by atoms with Gasteiger partial charge in [-0.15, -0.1) is 0 Å². The van der Waals surface area contributed by atoms with Gasteiger partial charge in [-0.05, 0) is 99.7 Å². The van der Waals surface area contributed by atoms with Gasteiger partial charge in [-0.2, -0.15) is 0 Å². The fraction of sp³-hybridized carbons (Fsp3) is 0.972. The highest BCUT2D eigenvalue weighted by atomic mass is 16.8. The van der Waals surface area contributed by atoms with Crippen molar-refractivity contribution >= 4 is 0 Å². The van der Waals surface area contributed by atoms with Gasteiger partial charge in [-0.1, -0.05) is 53.2 Å². The van der Waals surface area contributed by atoms with E-state index >= 15 is 0 Å². The SMILES string of the molecule is C[C@H](CC[C@@H](O)C(C)(C)O[C@@H]1O[C@H](CO[C@@H]2O[C@H](CO)[C@@H](O)[C@H](O)[C@H]2O)[C@@H](O)[C@H](O)[C@H]1O[C@@H]1O[C@H](CO[C@@H]2O[C@H](CO)[C@@H](O)[C@H](O)[C@H]2O)[C@@H](O)[C@H](O)[C@H]1O)[C@H]1CC[C@@]2(C)[C@@H]3CC=C4C(CC[C@H](O[C@@H]5O[C@H](CO[C@@H]6O[C@H](CO[C@@H]7O[C@H](CO)[C@@H](O)[C@H](O)[C@H]7O)[C@@H](O)[C@H](O)[C@H]6O)[C@@H](O)[C@H](O)[C@H]5O)C4(C)C)[C@]3(C)[C@H](O)C[C@]12C. The number of hydrogen-bond acceptors (Lipinski definition) is 39. The third-order valence-corrected chi connectivity index (χ3v) is 27.2. The summed E-state index contributed by atoms with van der Waals surface area (Å²) in [6, 6.07) is 0. The van der Waals surface area contributed by atoms with Crippen LogP contribution in [0.4, 0.5) is 0 Å². The lowest BCUT2D eigenvalue weighted by atomic mass is 9.38. The van der Waals surface area contributed by atoms with Crippen LogP contribution in [0, 0.1) is 45.3 Å². The van der Waals surface area contributed by atoms with E-state index in [1.54, 1.807) is 0 Å². The van der Waals surface area contributed by atoms with Crippen molar-refractivity contribution in [2.75, 3.05) is 46.2 Å². The Morgan fingerprint density at radius 2 is 0.766 bits per heavy atom.